The van der Waals surface area contributed by atoms with Gasteiger partial charge in [-0.2, -0.15) is 0 Å². The number of carbonyl (C=O) groups is 2. The van der Waals surface area contributed by atoms with Crippen LogP contribution in [0.1, 0.15) is 27.9 Å². The van der Waals surface area contributed by atoms with Crippen LogP contribution >= 0.6 is 0 Å². The molecular formula is C14H19N3O4. The number of rotatable bonds is 5. The number of pyridine rings is 1. The number of carboxylic acids is 1. The van der Waals surface area contributed by atoms with Crippen LogP contribution in [-0.2, 0) is 4.74 Å². The van der Waals surface area contributed by atoms with E-state index in [0.717, 1.165) is 19.6 Å². The Morgan fingerprint density at radius 2 is 2.05 bits per heavy atom. The molecule has 21 heavy (non-hydrogen) atoms. The van der Waals surface area contributed by atoms with Crippen LogP contribution in [-0.4, -0.2) is 65.8 Å². The zero-order valence-electron chi connectivity index (χ0n) is 11.9. The Labute approximate surface area is 122 Å². The number of hydrogen-bond acceptors (Lipinski definition) is 5. The first-order valence-corrected chi connectivity index (χ1v) is 6.87. The quantitative estimate of drug-likeness (QED) is 0.807. The molecule has 1 unspecified atom stereocenters. The predicted molar refractivity (Wildman–Crippen MR) is 75.4 cm³/mol. The number of aromatic carboxylic acids is 1. The van der Waals surface area contributed by atoms with Crippen LogP contribution in [0.4, 0.5) is 0 Å². The molecule has 1 aliphatic heterocycles. The second-order valence-electron chi connectivity index (χ2n) is 5.00. The molecule has 0 aliphatic carbocycles. The molecule has 0 saturated carbocycles. The Morgan fingerprint density at radius 1 is 1.38 bits per heavy atom. The Bertz CT molecular complexity index is 515. The molecule has 2 N–H and O–H groups in total. The van der Waals surface area contributed by atoms with E-state index in [1.807, 2.05) is 6.92 Å². The van der Waals surface area contributed by atoms with Crippen LogP contribution in [0.3, 0.4) is 0 Å². The lowest BCUT2D eigenvalue weighted by atomic mass is 10.2. The second kappa shape index (κ2) is 7.14. The van der Waals surface area contributed by atoms with Gasteiger partial charge in [0.05, 0.1) is 13.2 Å². The van der Waals surface area contributed by atoms with Crippen LogP contribution in [0.25, 0.3) is 0 Å². The van der Waals surface area contributed by atoms with E-state index in [1.165, 1.54) is 18.2 Å². The van der Waals surface area contributed by atoms with Crippen LogP contribution in [0.15, 0.2) is 18.2 Å². The number of nitrogens with zero attached hydrogens (tertiary/aromatic N) is 2. The molecule has 1 saturated heterocycles. The fourth-order valence-corrected chi connectivity index (χ4v) is 2.19. The first-order chi connectivity index (χ1) is 10.1. The zero-order valence-corrected chi connectivity index (χ0v) is 11.9. The molecule has 1 aromatic rings. The minimum Gasteiger partial charge on any atom is -0.477 e. The van der Waals surface area contributed by atoms with Gasteiger partial charge in [0.2, 0.25) is 0 Å². The van der Waals surface area contributed by atoms with E-state index in [4.69, 9.17) is 9.84 Å². The van der Waals surface area contributed by atoms with E-state index in [0.29, 0.717) is 13.2 Å². The van der Waals surface area contributed by atoms with Crippen molar-refractivity contribution in [3.8, 4) is 0 Å². The normalized spacial score (nSPS) is 17.2. The van der Waals surface area contributed by atoms with Crippen molar-refractivity contribution in [2.24, 2.45) is 0 Å². The van der Waals surface area contributed by atoms with Crippen molar-refractivity contribution in [1.82, 2.24) is 15.2 Å². The highest BCUT2D eigenvalue weighted by Crippen LogP contribution is 2.02. The third kappa shape index (κ3) is 4.51. The van der Waals surface area contributed by atoms with E-state index in [1.54, 1.807) is 0 Å². The highest BCUT2D eigenvalue weighted by molar-refractivity contribution is 5.94. The van der Waals surface area contributed by atoms with E-state index in [9.17, 15) is 9.59 Å². The predicted octanol–water partition coefficient (Wildman–Crippen LogP) is 0.230. The van der Waals surface area contributed by atoms with Gasteiger partial charge >= 0.3 is 5.97 Å². The van der Waals surface area contributed by atoms with Crippen molar-refractivity contribution >= 4 is 11.9 Å². The summed E-state index contributed by atoms with van der Waals surface area (Å²) in [5.74, 6) is -1.51. The van der Waals surface area contributed by atoms with E-state index in [2.05, 4.69) is 15.2 Å². The molecule has 1 fully saturated rings. The first kappa shape index (κ1) is 15.4. The standard InChI is InChI=1S/C14H19N3O4/c1-10(9-17-5-7-21-8-6-17)15-13(18)11-3-2-4-12(16-11)14(19)20/h2-4,10H,5-9H2,1H3,(H,15,18)(H,19,20). The summed E-state index contributed by atoms with van der Waals surface area (Å²) in [4.78, 5) is 29.0. The summed E-state index contributed by atoms with van der Waals surface area (Å²) in [5.41, 5.74) is -0.0211. The van der Waals surface area contributed by atoms with Gasteiger partial charge in [-0.3, -0.25) is 9.69 Å². The van der Waals surface area contributed by atoms with E-state index in [-0.39, 0.29) is 23.3 Å². The number of ether oxygens (including phenoxy) is 1. The molecule has 1 atom stereocenters. The van der Waals surface area contributed by atoms with Gasteiger partial charge in [0.25, 0.3) is 5.91 Å². The number of nitrogens with one attached hydrogen (secondary N) is 1. The molecule has 2 rings (SSSR count). The van der Waals surface area contributed by atoms with Crippen molar-refractivity contribution in [3.05, 3.63) is 29.6 Å². The smallest absolute Gasteiger partial charge is 0.354 e. The average Bonchev–Trinajstić information content (AvgIpc) is 2.48. The molecule has 0 aromatic carbocycles. The van der Waals surface area contributed by atoms with Gasteiger partial charge in [0.15, 0.2) is 0 Å². The first-order valence-electron chi connectivity index (χ1n) is 6.87. The van der Waals surface area contributed by atoms with Crippen LogP contribution < -0.4 is 5.32 Å². The lowest BCUT2D eigenvalue weighted by Crippen LogP contribution is -2.46. The molecule has 2 heterocycles. The van der Waals surface area contributed by atoms with Crippen molar-refractivity contribution in [3.63, 3.8) is 0 Å². The number of carbonyl (C=O) groups excluding carboxylic acids is 1. The summed E-state index contributed by atoms with van der Waals surface area (Å²) in [6.45, 7) is 5.77. The Hall–Kier alpha value is -1.99. The topological polar surface area (TPSA) is 91.8 Å². The molecule has 0 bridgehead atoms. The highest BCUT2D eigenvalue weighted by Gasteiger charge is 2.17. The molecule has 0 spiro atoms. The minimum atomic E-state index is -1.15. The maximum atomic E-state index is 12.1. The lowest BCUT2D eigenvalue weighted by Gasteiger charge is -2.29. The number of amides is 1. The monoisotopic (exact) mass is 293 g/mol. The number of hydrogen-bond donors (Lipinski definition) is 2. The zero-order chi connectivity index (χ0) is 15.2. The molecule has 1 aliphatic rings. The highest BCUT2D eigenvalue weighted by atomic mass is 16.5. The van der Waals surface area contributed by atoms with Crippen molar-refractivity contribution in [2.45, 2.75) is 13.0 Å². The Morgan fingerprint density at radius 3 is 2.71 bits per heavy atom. The average molecular weight is 293 g/mol. The van der Waals surface area contributed by atoms with Gasteiger partial charge in [0.1, 0.15) is 11.4 Å². The van der Waals surface area contributed by atoms with E-state index >= 15 is 0 Å². The van der Waals surface area contributed by atoms with Crippen molar-refractivity contribution < 1.29 is 19.4 Å². The minimum absolute atomic E-state index is 0.0501. The molecule has 0 radical (unpaired) electrons. The maximum absolute atomic E-state index is 12.1. The largest absolute Gasteiger partial charge is 0.477 e. The lowest BCUT2D eigenvalue weighted by molar-refractivity contribution is 0.0342. The molecule has 114 valence electrons. The van der Waals surface area contributed by atoms with Gasteiger partial charge in [-0.15, -0.1) is 0 Å². The maximum Gasteiger partial charge on any atom is 0.354 e. The van der Waals surface area contributed by atoms with Crippen molar-refractivity contribution in [2.75, 3.05) is 32.8 Å². The summed E-state index contributed by atoms with van der Waals surface area (Å²) >= 11 is 0. The molecular weight excluding hydrogens is 274 g/mol. The summed E-state index contributed by atoms with van der Waals surface area (Å²) < 4.78 is 5.27. The SMILES string of the molecule is CC(CN1CCOCC1)NC(=O)c1cccc(C(=O)O)n1. The Kier molecular flexibility index (Phi) is 5.24. The van der Waals surface area contributed by atoms with Gasteiger partial charge < -0.3 is 15.2 Å². The van der Waals surface area contributed by atoms with Gasteiger partial charge in [0, 0.05) is 25.7 Å². The summed E-state index contributed by atoms with van der Waals surface area (Å²) in [7, 11) is 0. The van der Waals surface area contributed by atoms with Gasteiger partial charge in [-0.25, -0.2) is 9.78 Å². The van der Waals surface area contributed by atoms with Gasteiger partial charge in [-0.05, 0) is 19.1 Å². The van der Waals surface area contributed by atoms with Gasteiger partial charge in [-0.1, -0.05) is 6.07 Å². The van der Waals surface area contributed by atoms with Crippen LogP contribution in [0.5, 0.6) is 0 Å². The fourth-order valence-electron chi connectivity index (χ4n) is 2.19. The summed E-state index contributed by atoms with van der Waals surface area (Å²) in [5, 5.41) is 11.7. The van der Waals surface area contributed by atoms with Crippen LogP contribution in [0, 0.1) is 0 Å². The molecule has 1 amide bonds. The van der Waals surface area contributed by atoms with Crippen molar-refractivity contribution in [1.29, 1.82) is 0 Å². The molecule has 7 nitrogen and oxygen atoms in total. The number of aromatic nitrogens is 1. The van der Waals surface area contributed by atoms with E-state index < -0.39 is 5.97 Å². The third-order valence-electron chi connectivity index (χ3n) is 3.21. The molecule has 7 heteroatoms. The van der Waals surface area contributed by atoms with Crippen LogP contribution in [0.2, 0.25) is 0 Å². The molecule has 1 aromatic heterocycles. The summed E-state index contributed by atoms with van der Waals surface area (Å²) in [6.07, 6.45) is 0. The number of carboxylic acid groups (broad SMARTS) is 1. The Balaban J connectivity index is 1.90. The number of morpholine rings is 1. The summed E-state index contributed by atoms with van der Waals surface area (Å²) in [6, 6.07) is 4.32. The fraction of sp³-hybridized carbons (Fsp3) is 0.500. The second-order valence-corrected chi connectivity index (χ2v) is 5.00. The third-order valence-corrected chi connectivity index (χ3v) is 3.21.